The first-order valence-electron chi connectivity index (χ1n) is 2.65. The summed E-state index contributed by atoms with van der Waals surface area (Å²) in [5, 5.41) is 0. The molecule has 0 aliphatic heterocycles. The molecule has 0 aromatic rings. The Morgan fingerprint density at radius 2 is 1.11 bits per heavy atom. The summed E-state index contributed by atoms with van der Waals surface area (Å²) in [6, 6.07) is 0. The molecule has 0 bridgehead atoms. The molecule has 0 radical (unpaired) electrons. The van der Waals surface area contributed by atoms with Gasteiger partial charge in [-0.25, -0.2) is 0 Å². The van der Waals surface area contributed by atoms with Crippen LogP contribution in [0.15, 0.2) is 12.2 Å². The average molecular weight is 348 g/mol. The molecule has 0 aromatic heterocycles. The van der Waals surface area contributed by atoms with Crippen molar-refractivity contribution in [1.29, 1.82) is 0 Å². The second-order valence-electron chi connectivity index (χ2n) is 1.76. The molecule has 0 fully saturated rings. The van der Waals surface area contributed by atoms with E-state index in [2.05, 4.69) is 12.2 Å². The Kier molecular flexibility index (Phi) is 21.6. The van der Waals surface area contributed by atoms with Gasteiger partial charge in [-0.2, -0.15) is 0 Å². The van der Waals surface area contributed by atoms with Crippen LogP contribution in [-0.2, 0) is 21.1 Å². The number of hydrogen-bond acceptors (Lipinski definition) is 0. The van der Waals surface area contributed by atoms with E-state index < -0.39 is 0 Å². The Morgan fingerprint density at radius 1 is 0.778 bits per heavy atom. The average Bonchev–Trinajstić information content (AvgIpc) is 1.72. The number of allylic oxidation sites excluding steroid dienone is 2. The van der Waals surface area contributed by atoms with Crippen molar-refractivity contribution in [2.45, 2.75) is 25.7 Å². The zero-order valence-corrected chi connectivity index (χ0v) is 8.84. The minimum absolute atomic E-state index is 0. The smallest absolute Gasteiger partial charge is 1.00 e. The van der Waals surface area contributed by atoms with Crippen LogP contribution in [0.2, 0.25) is 0 Å². The van der Waals surface area contributed by atoms with Gasteiger partial charge in [0.1, 0.15) is 0 Å². The molecule has 0 saturated heterocycles. The zero-order chi connectivity index (χ0) is 4.24. The summed E-state index contributed by atoms with van der Waals surface area (Å²) in [5.74, 6) is 0. The van der Waals surface area contributed by atoms with Crippen molar-refractivity contribution in [2.24, 2.45) is 0 Å². The summed E-state index contributed by atoms with van der Waals surface area (Å²) in [4.78, 5) is 0. The van der Waals surface area contributed by atoms with E-state index in [4.69, 9.17) is 0 Å². The van der Waals surface area contributed by atoms with E-state index in [9.17, 15) is 0 Å². The molecular formula is C6H10Cl2Pt. The van der Waals surface area contributed by atoms with Gasteiger partial charge in [-0.3, -0.25) is 0 Å². The third-order valence-corrected chi connectivity index (χ3v) is 1.16. The molecule has 58 valence electrons. The van der Waals surface area contributed by atoms with Gasteiger partial charge in [0.05, 0.1) is 0 Å². The molecule has 0 saturated carbocycles. The molecule has 1 aliphatic rings. The predicted molar refractivity (Wildman–Crippen MR) is 27.6 cm³/mol. The molecular weight excluding hydrogens is 338 g/mol. The Balaban J connectivity index is -0.000000120. The van der Waals surface area contributed by atoms with Crippen LogP contribution < -0.4 is 24.8 Å². The predicted octanol–water partition coefficient (Wildman–Crippen LogP) is -3.88. The summed E-state index contributed by atoms with van der Waals surface area (Å²) >= 11 is 0. The van der Waals surface area contributed by atoms with Crippen molar-refractivity contribution in [2.75, 3.05) is 0 Å². The normalized spacial score (nSPS) is 14.2. The first-order chi connectivity index (χ1) is 3.00. The Morgan fingerprint density at radius 3 is 1.22 bits per heavy atom. The van der Waals surface area contributed by atoms with Crippen LogP contribution in [0.3, 0.4) is 0 Å². The van der Waals surface area contributed by atoms with Crippen LogP contribution in [0, 0.1) is 0 Å². The van der Waals surface area contributed by atoms with E-state index in [1.807, 2.05) is 0 Å². The quantitative estimate of drug-likeness (QED) is 0.393. The minimum Gasteiger partial charge on any atom is -1.00 e. The van der Waals surface area contributed by atoms with Gasteiger partial charge in [0, 0.05) is 0 Å². The maximum Gasteiger partial charge on any atom is 2.00 e. The summed E-state index contributed by atoms with van der Waals surface area (Å²) in [5.41, 5.74) is 0. The monoisotopic (exact) mass is 347 g/mol. The summed E-state index contributed by atoms with van der Waals surface area (Å²) in [6.45, 7) is 0. The Hall–Kier alpha value is 1.01. The second-order valence-corrected chi connectivity index (χ2v) is 1.76. The Labute approximate surface area is 83.6 Å². The van der Waals surface area contributed by atoms with Crippen LogP contribution >= 0.6 is 0 Å². The fourth-order valence-electron chi connectivity index (χ4n) is 0.760. The van der Waals surface area contributed by atoms with Gasteiger partial charge < -0.3 is 24.8 Å². The van der Waals surface area contributed by atoms with Crippen molar-refractivity contribution in [1.82, 2.24) is 0 Å². The largest absolute Gasteiger partial charge is 2.00 e. The maximum absolute atomic E-state index is 2.27. The van der Waals surface area contributed by atoms with Crippen LogP contribution in [-0.4, -0.2) is 0 Å². The van der Waals surface area contributed by atoms with Crippen LogP contribution in [0.5, 0.6) is 0 Å². The van der Waals surface area contributed by atoms with E-state index in [-0.39, 0.29) is 45.9 Å². The molecule has 0 nitrogen and oxygen atoms in total. The van der Waals surface area contributed by atoms with Crippen LogP contribution in [0.25, 0.3) is 0 Å². The van der Waals surface area contributed by atoms with Crippen LogP contribution in [0.1, 0.15) is 25.7 Å². The first-order valence-corrected chi connectivity index (χ1v) is 2.65. The maximum atomic E-state index is 2.27. The van der Waals surface area contributed by atoms with E-state index in [0.29, 0.717) is 0 Å². The molecule has 9 heavy (non-hydrogen) atoms. The van der Waals surface area contributed by atoms with Gasteiger partial charge >= 0.3 is 21.1 Å². The molecule has 1 rings (SSSR count). The van der Waals surface area contributed by atoms with Gasteiger partial charge in [0.25, 0.3) is 0 Å². The number of rotatable bonds is 0. The standard InChI is InChI=1S/C6H10.2ClH.Pt/c1-2-4-6-5-3-1;;;/h1-2H,3-6H2;2*1H;/q;;;+2/p-2. The molecule has 1 aliphatic carbocycles. The SMILES string of the molecule is C1=CCCCC1.[Cl-].[Cl-].[Pt+2]. The molecule has 0 atom stereocenters. The molecule has 0 heterocycles. The molecule has 0 amide bonds. The second kappa shape index (κ2) is 11.8. The van der Waals surface area contributed by atoms with Gasteiger partial charge in [-0.1, -0.05) is 12.2 Å². The van der Waals surface area contributed by atoms with E-state index >= 15 is 0 Å². The number of hydrogen-bond donors (Lipinski definition) is 0. The first kappa shape index (κ1) is 16.5. The molecule has 0 aromatic carbocycles. The molecule has 0 N–H and O–H groups in total. The Bertz CT molecular complexity index is 56.1. The van der Waals surface area contributed by atoms with Gasteiger partial charge in [-0.05, 0) is 25.7 Å². The summed E-state index contributed by atoms with van der Waals surface area (Å²) in [6.07, 6.45) is 10.0. The van der Waals surface area contributed by atoms with Crippen molar-refractivity contribution in [3.8, 4) is 0 Å². The van der Waals surface area contributed by atoms with E-state index in [0.717, 1.165) is 0 Å². The van der Waals surface area contributed by atoms with E-state index in [1.165, 1.54) is 25.7 Å². The van der Waals surface area contributed by atoms with Crippen LogP contribution in [0.4, 0.5) is 0 Å². The van der Waals surface area contributed by atoms with Crippen molar-refractivity contribution in [3.63, 3.8) is 0 Å². The van der Waals surface area contributed by atoms with E-state index in [1.54, 1.807) is 0 Å². The molecule has 0 unspecified atom stereocenters. The fourth-order valence-corrected chi connectivity index (χ4v) is 0.760. The third kappa shape index (κ3) is 9.01. The topological polar surface area (TPSA) is 0 Å². The summed E-state index contributed by atoms with van der Waals surface area (Å²) in [7, 11) is 0. The molecule has 0 spiro atoms. The fraction of sp³-hybridized carbons (Fsp3) is 0.667. The van der Waals surface area contributed by atoms with Crippen molar-refractivity contribution in [3.05, 3.63) is 12.2 Å². The molecule has 3 heteroatoms. The van der Waals surface area contributed by atoms with Crippen molar-refractivity contribution < 1.29 is 45.9 Å². The van der Waals surface area contributed by atoms with Gasteiger partial charge in [0.15, 0.2) is 0 Å². The summed E-state index contributed by atoms with van der Waals surface area (Å²) < 4.78 is 0. The van der Waals surface area contributed by atoms with Gasteiger partial charge in [0.2, 0.25) is 0 Å². The minimum atomic E-state index is 0. The third-order valence-electron chi connectivity index (χ3n) is 1.16. The van der Waals surface area contributed by atoms with Gasteiger partial charge in [-0.15, -0.1) is 0 Å². The number of halogens is 2. The van der Waals surface area contributed by atoms with Crippen molar-refractivity contribution >= 4 is 0 Å². The zero-order valence-electron chi connectivity index (χ0n) is 5.06.